The summed E-state index contributed by atoms with van der Waals surface area (Å²) in [7, 11) is 0. The van der Waals surface area contributed by atoms with Crippen molar-refractivity contribution in [3.05, 3.63) is 69.2 Å². The molecule has 1 aromatic heterocycles. The normalized spacial score (nSPS) is 10.6. The highest BCUT2D eigenvalue weighted by Crippen LogP contribution is 2.22. The van der Waals surface area contributed by atoms with Crippen molar-refractivity contribution in [3.63, 3.8) is 0 Å². The predicted octanol–water partition coefficient (Wildman–Crippen LogP) is 4.58. The molecule has 3 rings (SSSR count). The van der Waals surface area contributed by atoms with E-state index in [9.17, 15) is 0 Å². The molecule has 3 aromatic rings. The van der Waals surface area contributed by atoms with Crippen LogP contribution in [0.1, 0.15) is 11.4 Å². The van der Waals surface area contributed by atoms with Crippen LogP contribution in [0.2, 0.25) is 0 Å². The number of benzene rings is 2. The van der Waals surface area contributed by atoms with Crippen molar-refractivity contribution in [1.82, 2.24) is 14.8 Å². The Morgan fingerprint density at radius 2 is 1.91 bits per heavy atom. The zero-order valence-electron chi connectivity index (χ0n) is 11.9. The third kappa shape index (κ3) is 3.13. The van der Waals surface area contributed by atoms with Crippen LogP contribution < -0.4 is 4.74 Å². The quantitative estimate of drug-likeness (QED) is 0.678. The molecule has 0 unspecified atom stereocenters. The van der Waals surface area contributed by atoms with Crippen LogP contribution in [0.3, 0.4) is 0 Å². The molecule has 0 amide bonds. The molecule has 0 fully saturated rings. The molecule has 2 aromatic carbocycles. The minimum Gasteiger partial charge on any atom is -0.486 e. The minimum atomic E-state index is 0.331. The molecule has 0 atom stereocenters. The number of para-hydroxylation sites is 1. The summed E-state index contributed by atoms with van der Waals surface area (Å²) in [5.74, 6) is 1.52. The molecule has 22 heavy (non-hydrogen) atoms. The van der Waals surface area contributed by atoms with Gasteiger partial charge in [-0.2, -0.15) is 5.10 Å². The number of hydrogen-bond donors (Lipinski definition) is 1. The lowest BCUT2D eigenvalue weighted by atomic mass is 10.2. The van der Waals surface area contributed by atoms with Gasteiger partial charge in [-0.15, -0.1) is 0 Å². The third-order valence-electron chi connectivity index (χ3n) is 3.22. The molecule has 6 heteroatoms. The van der Waals surface area contributed by atoms with E-state index in [1.807, 2.05) is 60.0 Å². The summed E-state index contributed by atoms with van der Waals surface area (Å²) in [5.41, 5.74) is 2.13. The fourth-order valence-corrected chi connectivity index (χ4v) is 2.80. The van der Waals surface area contributed by atoms with Gasteiger partial charge in [0.2, 0.25) is 0 Å². The first kappa shape index (κ1) is 15.0. The van der Waals surface area contributed by atoms with Crippen molar-refractivity contribution in [2.75, 3.05) is 0 Å². The molecule has 112 valence electrons. The van der Waals surface area contributed by atoms with E-state index in [4.69, 9.17) is 17.0 Å². The Labute approximate surface area is 141 Å². The second-order valence-corrected chi connectivity index (χ2v) is 6.07. The first-order valence-corrected chi connectivity index (χ1v) is 7.96. The topological polar surface area (TPSA) is 42.8 Å². The molecule has 0 spiro atoms. The lowest BCUT2D eigenvalue weighted by Crippen LogP contribution is -2.06. The summed E-state index contributed by atoms with van der Waals surface area (Å²) >= 11 is 8.87. The number of aromatic nitrogens is 3. The van der Waals surface area contributed by atoms with Crippen LogP contribution in [0.15, 0.2) is 53.0 Å². The molecular weight excluding hydrogens is 362 g/mol. The van der Waals surface area contributed by atoms with E-state index in [-0.39, 0.29) is 0 Å². The van der Waals surface area contributed by atoms with Crippen molar-refractivity contribution in [1.29, 1.82) is 0 Å². The van der Waals surface area contributed by atoms with Crippen molar-refractivity contribution in [3.8, 4) is 11.4 Å². The molecule has 0 aliphatic heterocycles. The molecule has 1 N–H and O–H groups in total. The van der Waals surface area contributed by atoms with E-state index in [0.717, 1.165) is 21.7 Å². The Morgan fingerprint density at radius 1 is 1.18 bits per heavy atom. The molecule has 4 nitrogen and oxygen atoms in total. The maximum absolute atomic E-state index is 5.80. The van der Waals surface area contributed by atoms with Gasteiger partial charge in [-0.3, -0.25) is 9.67 Å². The maximum atomic E-state index is 5.80. The van der Waals surface area contributed by atoms with Crippen molar-refractivity contribution in [2.24, 2.45) is 0 Å². The SMILES string of the molecule is Cc1ccc(OCc2n[nH]c(=S)n2-c2ccccc2Br)cc1. The van der Waals surface area contributed by atoms with Gasteiger partial charge in [-0.1, -0.05) is 29.8 Å². The number of nitrogens with zero attached hydrogens (tertiary/aromatic N) is 2. The molecule has 1 heterocycles. The molecule has 0 aliphatic carbocycles. The largest absolute Gasteiger partial charge is 0.486 e. The standard InChI is InChI=1S/C16H14BrN3OS/c1-11-6-8-12(9-7-11)21-10-15-18-19-16(22)20(15)14-5-3-2-4-13(14)17/h2-9H,10H2,1H3,(H,19,22). The Balaban J connectivity index is 1.88. The first-order chi connectivity index (χ1) is 10.6. The Hall–Kier alpha value is -1.92. The molecule has 0 radical (unpaired) electrons. The number of H-pyrrole nitrogens is 1. The predicted molar refractivity (Wildman–Crippen MR) is 92.0 cm³/mol. The smallest absolute Gasteiger partial charge is 0.200 e. The third-order valence-corrected chi connectivity index (χ3v) is 4.17. The highest BCUT2D eigenvalue weighted by molar-refractivity contribution is 9.10. The van der Waals surface area contributed by atoms with E-state index in [1.165, 1.54) is 5.56 Å². The Morgan fingerprint density at radius 3 is 2.64 bits per heavy atom. The van der Waals surface area contributed by atoms with Crippen LogP contribution in [0, 0.1) is 11.7 Å². The van der Waals surface area contributed by atoms with Gasteiger partial charge in [0.05, 0.1) is 5.69 Å². The number of ether oxygens (including phenoxy) is 1. The molecule has 0 bridgehead atoms. The fraction of sp³-hybridized carbons (Fsp3) is 0.125. The number of nitrogens with one attached hydrogen (secondary N) is 1. The van der Waals surface area contributed by atoms with E-state index >= 15 is 0 Å². The van der Waals surface area contributed by atoms with Crippen molar-refractivity contribution in [2.45, 2.75) is 13.5 Å². The lowest BCUT2D eigenvalue weighted by molar-refractivity contribution is 0.293. The number of hydrogen-bond acceptors (Lipinski definition) is 3. The Bertz CT molecular complexity index is 839. The summed E-state index contributed by atoms with van der Waals surface area (Å²) in [6.45, 7) is 2.37. The van der Waals surface area contributed by atoms with Gasteiger partial charge in [-0.25, -0.2) is 0 Å². The van der Waals surface area contributed by atoms with Crippen LogP contribution in [-0.4, -0.2) is 14.8 Å². The Kier molecular flexibility index (Phi) is 4.40. The minimum absolute atomic E-state index is 0.331. The highest BCUT2D eigenvalue weighted by atomic mass is 79.9. The van der Waals surface area contributed by atoms with E-state index in [0.29, 0.717) is 11.4 Å². The van der Waals surface area contributed by atoms with Gasteiger partial charge in [0.15, 0.2) is 10.6 Å². The summed E-state index contributed by atoms with van der Waals surface area (Å²) < 4.78 is 9.15. The van der Waals surface area contributed by atoms with Crippen LogP contribution >= 0.6 is 28.1 Å². The van der Waals surface area contributed by atoms with Gasteiger partial charge in [0, 0.05) is 4.47 Å². The summed E-state index contributed by atoms with van der Waals surface area (Å²) in [4.78, 5) is 0. The fourth-order valence-electron chi connectivity index (χ4n) is 2.09. The zero-order chi connectivity index (χ0) is 15.5. The number of aromatic amines is 1. The summed E-state index contributed by atoms with van der Waals surface area (Å²) in [6, 6.07) is 15.8. The van der Waals surface area contributed by atoms with Gasteiger partial charge >= 0.3 is 0 Å². The highest BCUT2D eigenvalue weighted by Gasteiger charge is 2.11. The maximum Gasteiger partial charge on any atom is 0.200 e. The van der Waals surface area contributed by atoms with Crippen molar-refractivity contribution >= 4 is 28.1 Å². The monoisotopic (exact) mass is 375 g/mol. The second kappa shape index (κ2) is 6.46. The van der Waals surface area contributed by atoms with E-state index in [1.54, 1.807) is 0 Å². The molecule has 0 saturated carbocycles. The number of aryl methyl sites for hydroxylation is 1. The van der Waals surface area contributed by atoms with Gasteiger partial charge in [0.25, 0.3) is 0 Å². The van der Waals surface area contributed by atoms with E-state index in [2.05, 4.69) is 26.1 Å². The lowest BCUT2D eigenvalue weighted by Gasteiger charge is -2.10. The summed E-state index contributed by atoms with van der Waals surface area (Å²) in [5, 5.41) is 7.09. The molecular formula is C16H14BrN3OS. The van der Waals surface area contributed by atoms with Gasteiger partial charge < -0.3 is 4.74 Å². The average molecular weight is 376 g/mol. The number of halogens is 1. The van der Waals surface area contributed by atoms with Crippen LogP contribution in [-0.2, 0) is 6.61 Å². The number of rotatable bonds is 4. The summed E-state index contributed by atoms with van der Waals surface area (Å²) in [6.07, 6.45) is 0. The van der Waals surface area contributed by atoms with Crippen LogP contribution in [0.5, 0.6) is 5.75 Å². The second-order valence-electron chi connectivity index (χ2n) is 4.83. The van der Waals surface area contributed by atoms with Crippen molar-refractivity contribution < 1.29 is 4.74 Å². The van der Waals surface area contributed by atoms with Gasteiger partial charge in [-0.05, 0) is 59.3 Å². The first-order valence-electron chi connectivity index (χ1n) is 6.76. The van der Waals surface area contributed by atoms with Gasteiger partial charge in [0.1, 0.15) is 12.4 Å². The molecule has 0 saturated heterocycles. The molecule has 0 aliphatic rings. The van der Waals surface area contributed by atoms with Crippen LogP contribution in [0.25, 0.3) is 5.69 Å². The zero-order valence-corrected chi connectivity index (χ0v) is 14.3. The average Bonchev–Trinajstić information content (AvgIpc) is 2.88. The van der Waals surface area contributed by atoms with E-state index < -0.39 is 0 Å². The van der Waals surface area contributed by atoms with Crippen LogP contribution in [0.4, 0.5) is 0 Å².